The maximum absolute atomic E-state index is 12.6. The van der Waals surface area contributed by atoms with Crippen LogP contribution in [0.5, 0.6) is 0 Å². The molecule has 2 unspecified atom stereocenters. The molecule has 24 heavy (non-hydrogen) atoms. The molecule has 0 aromatic heterocycles. The van der Waals surface area contributed by atoms with Gasteiger partial charge in [0, 0.05) is 12.5 Å². The van der Waals surface area contributed by atoms with Crippen molar-refractivity contribution in [3.8, 4) is 0 Å². The highest BCUT2D eigenvalue weighted by Crippen LogP contribution is 2.33. The fourth-order valence-corrected chi connectivity index (χ4v) is 3.76. The Kier molecular flexibility index (Phi) is 5.19. The number of ether oxygens (including phenoxy) is 1. The van der Waals surface area contributed by atoms with E-state index >= 15 is 0 Å². The summed E-state index contributed by atoms with van der Waals surface area (Å²) < 4.78 is 5.93. The van der Waals surface area contributed by atoms with Crippen LogP contribution >= 0.6 is 0 Å². The summed E-state index contributed by atoms with van der Waals surface area (Å²) in [6.07, 6.45) is 3.39. The first-order valence-corrected chi connectivity index (χ1v) is 8.76. The van der Waals surface area contributed by atoms with Crippen molar-refractivity contribution in [1.82, 2.24) is 5.32 Å². The molecule has 1 aromatic rings. The molecule has 1 aromatic carbocycles. The van der Waals surface area contributed by atoms with Crippen LogP contribution in [-0.2, 0) is 14.3 Å². The summed E-state index contributed by atoms with van der Waals surface area (Å²) >= 11 is 0. The van der Waals surface area contributed by atoms with E-state index in [4.69, 9.17) is 9.84 Å². The molecule has 1 heterocycles. The summed E-state index contributed by atoms with van der Waals surface area (Å²) in [6, 6.07) is 8.18. The Morgan fingerprint density at radius 3 is 2.50 bits per heavy atom. The van der Waals surface area contributed by atoms with Crippen molar-refractivity contribution in [2.24, 2.45) is 11.8 Å². The van der Waals surface area contributed by atoms with Gasteiger partial charge in [-0.05, 0) is 44.6 Å². The van der Waals surface area contributed by atoms with Crippen molar-refractivity contribution in [3.05, 3.63) is 35.4 Å². The molecule has 2 fully saturated rings. The largest absolute Gasteiger partial charge is 0.481 e. The number of carboxylic acids is 1. The molecule has 0 bridgehead atoms. The summed E-state index contributed by atoms with van der Waals surface area (Å²) in [5, 5.41) is 12.2. The smallest absolute Gasteiger partial charge is 0.306 e. The van der Waals surface area contributed by atoms with Crippen LogP contribution in [0.4, 0.5) is 0 Å². The molecular weight excluding hydrogens is 306 g/mol. The minimum Gasteiger partial charge on any atom is -0.481 e. The van der Waals surface area contributed by atoms with Gasteiger partial charge in [-0.25, -0.2) is 0 Å². The van der Waals surface area contributed by atoms with Crippen LogP contribution in [0.3, 0.4) is 0 Å². The molecule has 2 aliphatic rings. The zero-order valence-electron chi connectivity index (χ0n) is 14.0. The summed E-state index contributed by atoms with van der Waals surface area (Å²) in [5.41, 5.74) is 2.28. The lowest BCUT2D eigenvalue weighted by atomic mass is 9.94. The molecule has 1 aliphatic heterocycles. The number of carbonyl (C=O) groups is 2. The first kappa shape index (κ1) is 17.0. The Balaban J connectivity index is 1.64. The van der Waals surface area contributed by atoms with Crippen LogP contribution < -0.4 is 5.32 Å². The number of carboxylic acid groups (broad SMARTS) is 1. The lowest BCUT2D eigenvalue weighted by Crippen LogP contribution is -2.44. The van der Waals surface area contributed by atoms with E-state index in [1.807, 2.05) is 6.92 Å². The van der Waals surface area contributed by atoms with E-state index in [1.54, 1.807) is 0 Å². The first-order chi connectivity index (χ1) is 11.5. The minimum atomic E-state index is -0.788. The van der Waals surface area contributed by atoms with Gasteiger partial charge < -0.3 is 15.2 Å². The van der Waals surface area contributed by atoms with Gasteiger partial charge >= 0.3 is 5.97 Å². The molecule has 0 spiro atoms. The quantitative estimate of drug-likeness (QED) is 0.889. The second kappa shape index (κ2) is 7.34. The first-order valence-electron chi connectivity index (χ1n) is 8.76. The second-order valence-electron chi connectivity index (χ2n) is 7.00. The van der Waals surface area contributed by atoms with Crippen LogP contribution in [0, 0.1) is 18.8 Å². The third-order valence-electron chi connectivity index (χ3n) is 5.21. The molecular formula is C19H25NO4. The Morgan fingerprint density at radius 1 is 1.12 bits per heavy atom. The van der Waals surface area contributed by atoms with E-state index in [1.165, 1.54) is 5.56 Å². The highest BCUT2D eigenvalue weighted by Gasteiger charge is 2.36. The highest BCUT2D eigenvalue weighted by atomic mass is 16.5. The van der Waals surface area contributed by atoms with Crippen molar-refractivity contribution in [3.63, 3.8) is 0 Å². The van der Waals surface area contributed by atoms with Gasteiger partial charge in [0.05, 0.1) is 12.0 Å². The lowest BCUT2D eigenvalue weighted by Gasteiger charge is -2.33. The standard InChI is InChI=1S/C19H25NO4/c1-12-4-6-13(7-5-12)17-16(3-2-10-24-17)20-18(21)14-8-9-15(11-14)19(22)23/h4-7,14-17H,2-3,8-11H2,1H3,(H,20,21)(H,22,23)/t14-,15+,16?,17?/m1/s1. The Labute approximate surface area is 142 Å². The maximum atomic E-state index is 12.6. The molecule has 2 N–H and O–H groups in total. The number of hydrogen-bond acceptors (Lipinski definition) is 3. The monoisotopic (exact) mass is 331 g/mol. The predicted molar refractivity (Wildman–Crippen MR) is 89.5 cm³/mol. The number of aryl methyl sites for hydroxylation is 1. The van der Waals surface area contributed by atoms with Gasteiger partial charge in [-0.15, -0.1) is 0 Å². The van der Waals surface area contributed by atoms with Crippen molar-refractivity contribution in [2.75, 3.05) is 6.61 Å². The normalized spacial score (nSPS) is 30.0. The summed E-state index contributed by atoms with van der Waals surface area (Å²) in [6.45, 7) is 2.75. The average molecular weight is 331 g/mol. The third kappa shape index (κ3) is 3.78. The molecule has 4 atom stereocenters. The SMILES string of the molecule is Cc1ccc(C2OCCCC2NC(=O)[C@@H]2CC[C@H](C(=O)O)C2)cc1. The van der Waals surface area contributed by atoms with Crippen LogP contribution in [0.15, 0.2) is 24.3 Å². The molecule has 1 saturated carbocycles. The van der Waals surface area contributed by atoms with Gasteiger partial charge in [0.25, 0.3) is 0 Å². The van der Waals surface area contributed by atoms with Gasteiger partial charge in [0.1, 0.15) is 6.10 Å². The number of carbonyl (C=O) groups excluding carboxylic acids is 1. The van der Waals surface area contributed by atoms with Crippen molar-refractivity contribution in [1.29, 1.82) is 0 Å². The molecule has 3 rings (SSSR count). The highest BCUT2D eigenvalue weighted by molar-refractivity contribution is 5.81. The zero-order valence-corrected chi connectivity index (χ0v) is 14.0. The number of benzene rings is 1. The van der Waals surface area contributed by atoms with Crippen LogP contribution in [0.2, 0.25) is 0 Å². The molecule has 5 heteroatoms. The van der Waals surface area contributed by atoms with E-state index < -0.39 is 5.97 Å². The van der Waals surface area contributed by atoms with Gasteiger partial charge in [0.15, 0.2) is 0 Å². The molecule has 5 nitrogen and oxygen atoms in total. The zero-order chi connectivity index (χ0) is 17.1. The molecule has 0 radical (unpaired) electrons. The minimum absolute atomic E-state index is 0.0219. The van der Waals surface area contributed by atoms with Gasteiger partial charge in [-0.1, -0.05) is 29.8 Å². The third-order valence-corrected chi connectivity index (χ3v) is 5.21. The maximum Gasteiger partial charge on any atom is 0.306 e. The molecule has 1 saturated heterocycles. The van der Waals surface area contributed by atoms with E-state index in [2.05, 4.69) is 29.6 Å². The number of rotatable bonds is 4. The number of aliphatic carboxylic acids is 1. The Hall–Kier alpha value is -1.88. The van der Waals surface area contributed by atoms with E-state index in [9.17, 15) is 9.59 Å². The van der Waals surface area contributed by atoms with E-state index in [-0.39, 0.29) is 29.9 Å². The van der Waals surface area contributed by atoms with Crippen molar-refractivity contribution < 1.29 is 19.4 Å². The topological polar surface area (TPSA) is 75.6 Å². The van der Waals surface area contributed by atoms with Crippen LogP contribution in [0.1, 0.15) is 49.3 Å². The Bertz CT molecular complexity index is 598. The fraction of sp³-hybridized carbons (Fsp3) is 0.579. The molecule has 1 amide bonds. The molecule has 1 aliphatic carbocycles. The van der Waals surface area contributed by atoms with Gasteiger partial charge in [-0.2, -0.15) is 0 Å². The number of nitrogens with one attached hydrogen (secondary N) is 1. The van der Waals surface area contributed by atoms with Crippen molar-refractivity contribution in [2.45, 2.75) is 51.2 Å². The lowest BCUT2D eigenvalue weighted by molar-refractivity contribution is -0.141. The molecule has 130 valence electrons. The predicted octanol–water partition coefficient (Wildman–Crippen LogP) is 2.83. The Morgan fingerprint density at radius 2 is 1.83 bits per heavy atom. The number of hydrogen-bond donors (Lipinski definition) is 2. The summed E-state index contributed by atoms with van der Waals surface area (Å²) in [4.78, 5) is 23.6. The van der Waals surface area contributed by atoms with Crippen molar-refractivity contribution >= 4 is 11.9 Å². The van der Waals surface area contributed by atoms with Gasteiger partial charge in [-0.3, -0.25) is 9.59 Å². The summed E-state index contributed by atoms with van der Waals surface area (Å²) in [5.74, 6) is -1.38. The van der Waals surface area contributed by atoms with Crippen LogP contribution in [-0.4, -0.2) is 29.6 Å². The van der Waals surface area contributed by atoms with Crippen LogP contribution in [0.25, 0.3) is 0 Å². The second-order valence-corrected chi connectivity index (χ2v) is 7.00. The average Bonchev–Trinajstić information content (AvgIpc) is 3.07. The number of amides is 1. The van der Waals surface area contributed by atoms with E-state index in [0.717, 1.165) is 18.4 Å². The van der Waals surface area contributed by atoms with Gasteiger partial charge in [0.2, 0.25) is 5.91 Å². The summed E-state index contributed by atoms with van der Waals surface area (Å²) in [7, 11) is 0. The van der Waals surface area contributed by atoms with E-state index in [0.29, 0.717) is 25.9 Å². The fourth-order valence-electron chi connectivity index (χ4n) is 3.76.